The zero-order valence-corrected chi connectivity index (χ0v) is 23.2. The first-order valence-corrected chi connectivity index (χ1v) is 13.6. The van der Waals surface area contributed by atoms with Crippen LogP contribution in [0.3, 0.4) is 0 Å². The lowest BCUT2D eigenvalue weighted by Crippen LogP contribution is -2.34. The highest BCUT2D eigenvalue weighted by atomic mass is 16.1. The molecular formula is C32H36N6O. The molecule has 0 bridgehead atoms. The van der Waals surface area contributed by atoms with Gasteiger partial charge in [0.2, 0.25) is 0 Å². The van der Waals surface area contributed by atoms with Crippen molar-refractivity contribution in [3.05, 3.63) is 122 Å². The van der Waals surface area contributed by atoms with E-state index in [-0.39, 0.29) is 11.6 Å². The topological polar surface area (TPSA) is 79.7 Å². The van der Waals surface area contributed by atoms with Crippen LogP contribution in [0.25, 0.3) is 10.9 Å². The van der Waals surface area contributed by atoms with Gasteiger partial charge in [0.25, 0.3) is 5.56 Å². The SMILES string of the molecule is CCC(c1nnnn1Cc1ccccc1)N(CCc1cccc(C)c1)Cc1cc2cc(C)cc(C)c2[nH]c1=O. The summed E-state index contributed by atoms with van der Waals surface area (Å²) in [6.45, 7) is 10.3. The van der Waals surface area contributed by atoms with Crippen molar-refractivity contribution in [2.75, 3.05) is 6.54 Å². The number of fused-ring (bicyclic) bond motifs is 1. The lowest BCUT2D eigenvalue weighted by Gasteiger charge is -2.30. The Labute approximate surface area is 229 Å². The Bertz CT molecular complexity index is 1620. The van der Waals surface area contributed by atoms with Crippen molar-refractivity contribution in [2.45, 2.75) is 59.7 Å². The maximum Gasteiger partial charge on any atom is 0.252 e. The largest absolute Gasteiger partial charge is 0.321 e. The Morgan fingerprint density at radius 3 is 2.49 bits per heavy atom. The third-order valence-electron chi connectivity index (χ3n) is 7.37. The predicted molar refractivity (Wildman–Crippen MR) is 156 cm³/mol. The fourth-order valence-electron chi connectivity index (χ4n) is 5.48. The van der Waals surface area contributed by atoms with Crippen molar-refractivity contribution in [1.29, 1.82) is 0 Å². The lowest BCUT2D eigenvalue weighted by molar-refractivity contribution is 0.172. The number of nitrogens with one attached hydrogen (secondary N) is 1. The Kier molecular flexibility index (Phi) is 7.98. The summed E-state index contributed by atoms with van der Waals surface area (Å²) in [5.74, 6) is 0.814. The molecule has 0 saturated heterocycles. The molecule has 0 aliphatic rings. The second-order valence-corrected chi connectivity index (χ2v) is 10.5. The number of aromatic amines is 1. The van der Waals surface area contributed by atoms with Crippen LogP contribution in [0.4, 0.5) is 0 Å². The third kappa shape index (κ3) is 6.15. The van der Waals surface area contributed by atoms with E-state index < -0.39 is 0 Å². The number of tetrazole rings is 1. The molecule has 0 radical (unpaired) electrons. The normalized spacial score (nSPS) is 12.3. The highest BCUT2D eigenvalue weighted by molar-refractivity contribution is 5.82. The minimum atomic E-state index is -0.0529. The smallest absolute Gasteiger partial charge is 0.252 e. The number of nitrogens with zero attached hydrogens (tertiary/aromatic N) is 5. The van der Waals surface area contributed by atoms with Gasteiger partial charge in [-0.2, -0.15) is 0 Å². The van der Waals surface area contributed by atoms with Gasteiger partial charge in [-0.25, -0.2) is 4.68 Å². The molecule has 0 fully saturated rings. The second-order valence-electron chi connectivity index (χ2n) is 10.5. The molecular weight excluding hydrogens is 484 g/mol. The molecule has 7 nitrogen and oxygen atoms in total. The predicted octanol–water partition coefficient (Wildman–Crippen LogP) is 5.68. The number of aryl methyl sites for hydroxylation is 3. The summed E-state index contributed by atoms with van der Waals surface area (Å²) in [5, 5.41) is 13.9. The van der Waals surface area contributed by atoms with E-state index in [1.807, 2.05) is 35.9 Å². The quantitative estimate of drug-likeness (QED) is 0.256. The highest BCUT2D eigenvalue weighted by Gasteiger charge is 2.26. The average Bonchev–Trinajstić information content (AvgIpc) is 3.36. The zero-order chi connectivity index (χ0) is 27.4. The van der Waals surface area contributed by atoms with E-state index in [2.05, 4.69) is 94.7 Å². The van der Waals surface area contributed by atoms with Gasteiger partial charge < -0.3 is 4.98 Å². The van der Waals surface area contributed by atoms with Crippen molar-refractivity contribution < 1.29 is 0 Å². The molecule has 1 N–H and O–H groups in total. The molecule has 200 valence electrons. The van der Waals surface area contributed by atoms with E-state index in [0.717, 1.165) is 52.8 Å². The third-order valence-corrected chi connectivity index (χ3v) is 7.37. The van der Waals surface area contributed by atoms with Gasteiger partial charge in [-0.3, -0.25) is 9.69 Å². The first-order valence-electron chi connectivity index (χ1n) is 13.6. The van der Waals surface area contributed by atoms with Crippen LogP contribution in [0, 0.1) is 20.8 Å². The van der Waals surface area contributed by atoms with Crippen LogP contribution >= 0.6 is 0 Å². The highest BCUT2D eigenvalue weighted by Crippen LogP contribution is 2.26. The summed E-state index contributed by atoms with van der Waals surface area (Å²) in [7, 11) is 0. The average molecular weight is 521 g/mol. The Hall–Kier alpha value is -4.10. The standard InChI is InChI=1S/C32H36N6O/c1-5-29(31-34-35-36-38(31)20-26-11-7-6-8-12-26)37(15-14-25-13-9-10-22(2)17-25)21-28-19-27-18-23(3)16-24(4)30(27)33-32(28)39/h6-13,16-19,29H,5,14-15,20-21H2,1-4H3,(H,33,39). The number of hydrogen-bond donors (Lipinski definition) is 1. The van der Waals surface area contributed by atoms with E-state index in [1.54, 1.807) is 0 Å². The molecule has 39 heavy (non-hydrogen) atoms. The van der Waals surface area contributed by atoms with Crippen LogP contribution in [0.1, 0.15) is 58.6 Å². The number of rotatable bonds is 10. The number of H-pyrrole nitrogens is 1. The molecule has 1 unspecified atom stereocenters. The fourth-order valence-corrected chi connectivity index (χ4v) is 5.48. The Morgan fingerprint density at radius 2 is 1.72 bits per heavy atom. The first kappa shape index (κ1) is 26.5. The molecule has 0 aliphatic carbocycles. The maximum absolute atomic E-state index is 13.3. The van der Waals surface area contributed by atoms with Crippen LogP contribution in [-0.2, 0) is 19.5 Å². The molecule has 1 atom stereocenters. The van der Waals surface area contributed by atoms with E-state index in [4.69, 9.17) is 0 Å². The molecule has 7 heteroatoms. The summed E-state index contributed by atoms with van der Waals surface area (Å²) < 4.78 is 1.89. The lowest BCUT2D eigenvalue weighted by atomic mass is 10.0. The van der Waals surface area contributed by atoms with Gasteiger partial charge in [0, 0.05) is 18.7 Å². The molecule has 5 rings (SSSR count). The van der Waals surface area contributed by atoms with Crippen LogP contribution in [0.15, 0.2) is 77.6 Å². The number of aromatic nitrogens is 5. The van der Waals surface area contributed by atoms with Gasteiger partial charge in [0.05, 0.1) is 18.1 Å². The summed E-state index contributed by atoms with van der Waals surface area (Å²) in [5.41, 5.74) is 7.53. The zero-order valence-electron chi connectivity index (χ0n) is 23.2. The van der Waals surface area contributed by atoms with Crippen LogP contribution in [0.5, 0.6) is 0 Å². The van der Waals surface area contributed by atoms with E-state index in [0.29, 0.717) is 13.1 Å². The summed E-state index contributed by atoms with van der Waals surface area (Å²) in [4.78, 5) is 18.8. The van der Waals surface area contributed by atoms with Crippen molar-refractivity contribution in [3.8, 4) is 0 Å². The number of pyridine rings is 1. The molecule has 0 amide bonds. The Morgan fingerprint density at radius 1 is 0.923 bits per heavy atom. The van der Waals surface area contributed by atoms with Gasteiger partial charge in [0.15, 0.2) is 5.82 Å². The van der Waals surface area contributed by atoms with Crippen molar-refractivity contribution in [2.24, 2.45) is 0 Å². The fraction of sp³-hybridized carbons (Fsp3) is 0.312. The van der Waals surface area contributed by atoms with Crippen molar-refractivity contribution in [1.82, 2.24) is 30.1 Å². The molecule has 2 aromatic heterocycles. The number of hydrogen-bond acceptors (Lipinski definition) is 5. The van der Waals surface area contributed by atoms with Crippen LogP contribution < -0.4 is 5.56 Å². The second kappa shape index (κ2) is 11.7. The summed E-state index contributed by atoms with van der Waals surface area (Å²) in [6, 6.07) is 25.1. The van der Waals surface area contributed by atoms with Gasteiger partial charge >= 0.3 is 0 Å². The molecule has 3 aromatic carbocycles. The van der Waals surface area contributed by atoms with Crippen LogP contribution in [-0.4, -0.2) is 36.6 Å². The summed E-state index contributed by atoms with van der Waals surface area (Å²) in [6.07, 6.45) is 1.68. The molecule has 0 aliphatic heterocycles. The molecule has 5 aromatic rings. The molecule has 2 heterocycles. The minimum absolute atomic E-state index is 0.0475. The van der Waals surface area contributed by atoms with Gasteiger partial charge in [-0.15, -0.1) is 5.10 Å². The van der Waals surface area contributed by atoms with Crippen molar-refractivity contribution >= 4 is 10.9 Å². The molecule has 0 saturated carbocycles. The van der Waals surface area contributed by atoms with Crippen LogP contribution in [0.2, 0.25) is 0 Å². The molecule has 0 spiro atoms. The van der Waals surface area contributed by atoms with E-state index in [1.165, 1.54) is 16.7 Å². The summed E-state index contributed by atoms with van der Waals surface area (Å²) >= 11 is 0. The van der Waals surface area contributed by atoms with Gasteiger partial charge in [-0.1, -0.05) is 78.7 Å². The minimum Gasteiger partial charge on any atom is -0.321 e. The first-order chi connectivity index (χ1) is 18.9. The number of benzene rings is 3. The van der Waals surface area contributed by atoms with Gasteiger partial charge in [0.1, 0.15) is 0 Å². The monoisotopic (exact) mass is 520 g/mol. The maximum atomic E-state index is 13.3. The Balaban J connectivity index is 1.50. The van der Waals surface area contributed by atoms with Crippen molar-refractivity contribution in [3.63, 3.8) is 0 Å². The van der Waals surface area contributed by atoms with E-state index in [9.17, 15) is 4.79 Å². The van der Waals surface area contributed by atoms with Gasteiger partial charge in [-0.05, 0) is 78.2 Å². The van der Waals surface area contributed by atoms with E-state index >= 15 is 0 Å².